The van der Waals surface area contributed by atoms with Crippen molar-refractivity contribution < 1.29 is 4.39 Å². The molecule has 1 aromatic rings. The molecule has 3 heteroatoms. The van der Waals surface area contributed by atoms with Crippen molar-refractivity contribution in [2.24, 2.45) is 0 Å². The first-order chi connectivity index (χ1) is 7.70. The van der Waals surface area contributed by atoms with Crippen LogP contribution in [0.1, 0.15) is 25.3 Å². The summed E-state index contributed by atoms with van der Waals surface area (Å²) in [5.41, 5.74) is 2.17. The fraction of sp³-hybridized carbons (Fsp3) is 0.538. The molecule has 0 aliphatic heterocycles. The van der Waals surface area contributed by atoms with Crippen LogP contribution in [0.15, 0.2) is 18.2 Å². The number of rotatable bonds is 5. The summed E-state index contributed by atoms with van der Waals surface area (Å²) in [6.45, 7) is 3.80. The van der Waals surface area contributed by atoms with Crippen molar-refractivity contribution in [3.63, 3.8) is 0 Å². The topological polar surface area (TPSA) is 15.3 Å². The van der Waals surface area contributed by atoms with Crippen molar-refractivity contribution in [2.75, 3.05) is 18.5 Å². The minimum Gasteiger partial charge on any atom is -0.375 e. The van der Waals surface area contributed by atoms with E-state index in [9.17, 15) is 4.39 Å². The highest BCUT2D eigenvalue weighted by Crippen LogP contribution is 2.23. The highest BCUT2D eigenvalue weighted by atomic mass is 19.1. The van der Waals surface area contributed by atoms with Crippen molar-refractivity contribution in [1.82, 2.24) is 5.32 Å². The second kappa shape index (κ2) is 4.83. The summed E-state index contributed by atoms with van der Waals surface area (Å²) in [6, 6.07) is 5.69. The van der Waals surface area contributed by atoms with E-state index < -0.39 is 0 Å². The van der Waals surface area contributed by atoms with Crippen molar-refractivity contribution in [2.45, 2.75) is 32.4 Å². The molecule has 1 aliphatic rings. The van der Waals surface area contributed by atoms with Gasteiger partial charge in [-0.05, 0) is 43.5 Å². The SMILES string of the molecule is CCN(C)c1ccc(F)cc1CNC1CC1. The highest BCUT2D eigenvalue weighted by molar-refractivity contribution is 5.53. The Kier molecular flexibility index (Phi) is 3.44. The van der Waals surface area contributed by atoms with Gasteiger partial charge in [0.2, 0.25) is 0 Å². The molecular weight excluding hydrogens is 203 g/mol. The minimum atomic E-state index is -0.152. The lowest BCUT2D eigenvalue weighted by molar-refractivity contribution is 0.619. The lowest BCUT2D eigenvalue weighted by Crippen LogP contribution is -2.21. The molecule has 16 heavy (non-hydrogen) atoms. The molecular formula is C13H19FN2. The van der Waals surface area contributed by atoms with Gasteiger partial charge in [-0.1, -0.05) is 0 Å². The molecule has 0 radical (unpaired) electrons. The molecule has 1 aliphatic carbocycles. The third-order valence-corrected chi connectivity index (χ3v) is 3.09. The number of benzene rings is 1. The Morgan fingerprint density at radius 1 is 1.44 bits per heavy atom. The van der Waals surface area contributed by atoms with Gasteiger partial charge in [0, 0.05) is 31.9 Å². The van der Waals surface area contributed by atoms with E-state index in [1.807, 2.05) is 13.1 Å². The number of anilines is 1. The normalized spacial score (nSPS) is 15.2. The summed E-state index contributed by atoms with van der Waals surface area (Å²) in [4.78, 5) is 2.14. The Labute approximate surface area is 96.5 Å². The number of hydrogen-bond donors (Lipinski definition) is 1. The van der Waals surface area contributed by atoms with Crippen LogP contribution in [-0.2, 0) is 6.54 Å². The van der Waals surface area contributed by atoms with Gasteiger partial charge in [0.25, 0.3) is 0 Å². The zero-order valence-corrected chi connectivity index (χ0v) is 9.96. The summed E-state index contributed by atoms with van der Waals surface area (Å²) in [6.07, 6.45) is 2.52. The van der Waals surface area contributed by atoms with Gasteiger partial charge in [-0.25, -0.2) is 4.39 Å². The van der Waals surface area contributed by atoms with Crippen LogP contribution < -0.4 is 10.2 Å². The second-order valence-corrected chi connectivity index (χ2v) is 4.44. The average Bonchev–Trinajstić information content (AvgIpc) is 3.09. The molecule has 0 amide bonds. The molecule has 2 nitrogen and oxygen atoms in total. The van der Waals surface area contributed by atoms with Crippen molar-refractivity contribution in [3.8, 4) is 0 Å². The first-order valence-electron chi connectivity index (χ1n) is 5.93. The Morgan fingerprint density at radius 2 is 2.19 bits per heavy atom. The summed E-state index contributed by atoms with van der Waals surface area (Å²) < 4.78 is 13.2. The van der Waals surface area contributed by atoms with Crippen LogP contribution in [0.25, 0.3) is 0 Å². The molecule has 1 fully saturated rings. The van der Waals surface area contributed by atoms with Crippen molar-refractivity contribution in [3.05, 3.63) is 29.6 Å². The zero-order chi connectivity index (χ0) is 11.5. The number of nitrogens with one attached hydrogen (secondary N) is 1. The minimum absolute atomic E-state index is 0.152. The fourth-order valence-electron chi connectivity index (χ4n) is 1.78. The summed E-state index contributed by atoms with van der Waals surface area (Å²) in [5, 5.41) is 3.43. The Balaban J connectivity index is 2.13. The molecule has 1 N–H and O–H groups in total. The van der Waals surface area contributed by atoms with Gasteiger partial charge < -0.3 is 10.2 Å². The largest absolute Gasteiger partial charge is 0.375 e. The van der Waals surface area contributed by atoms with Crippen LogP contribution in [0, 0.1) is 5.82 Å². The van der Waals surface area contributed by atoms with Crippen LogP contribution in [0.3, 0.4) is 0 Å². The molecule has 0 atom stereocenters. The fourth-order valence-corrected chi connectivity index (χ4v) is 1.78. The smallest absolute Gasteiger partial charge is 0.123 e. The maximum Gasteiger partial charge on any atom is 0.123 e. The number of nitrogens with zero attached hydrogens (tertiary/aromatic N) is 1. The van der Waals surface area contributed by atoms with Crippen LogP contribution in [0.2, 0.25) is 0 Å². The van der Waals surface area contributed by atoms with E-state index in [4.69, 9.17) is 0 Å². The van der Waals surface area contributed by atoms with Gasteiger partial charge in [0.05, 0.1) is 0 Å². The second-order valence-electron chi connectivity index (χ2n) is 4.44. The van der Waals surface area contributed by atoms with E-state index in [2.05, 4.69) is 17.1 Å². The lowest BCUT2D eigenvalue weighted by Gasteiger charge is -2.21. The predicted octanol–water partition coefficient (Wildman–Crippen LogP) is 2.53. The summed E-state index contributed by atoms with van der Waals surface area (Å²) >= 11 is 0. The molecule has 1 saturated carbocycles. The molecule has 0 saturated heterocycles. The lowest BCUT2D eigenvalue weighted by atomic mass is 10.1. The molecule has 0 spiro atoms. The average molecular weight is 222 g/mol. The third-order valence-electron chi connectivity index (χ3n) is 3.09. The van der Waals surface area contributed by atoms with Crippen LogP contribution in [0.4, 0.5) is 10.1 Å². The van der Waals surface area contributed by atoms with E-state index in [1.54, 1.807) is 6.07 Å². The first-order valence-corrected chi connectivity index (χ1v) is 5.93. The number of hydrogen-bond acceptors (Lipinski definition) is 2. The van der Waals surface area contributed by atoms with Crippen LogP contribution in [-0.4, -0.2) is 19.6 Å². The summed E-state index contributed by atoms with van der Waals surface area (Å²) in [7, 11) is 2.04. The molecule has 0 bridgehead atoms. The maximum absolute atomic E-state index is 13.2. The van der Waals surface area contributed by atoms with E-state index in [0.29, 0.717) is 6.04 Å². The third kappa shape index (κ3) is 2.73. The quantitative estimate of drug-likeness (QED) is 0.823. The predicted molar refractivity (Wildman–Crippen MR) is 65.2 cm³/mol. The van der Waals surface area contributed by atoms with Gasteiger partial charge in [-0.2, -0.15) is 0 Å². The van der Waals surface area contributed by atoms with E-state index in [-0.39, 0.29) is 5.82 Å². The highest BCUT2D eigenvalue weighted by Gasteiger charge is 2.20. The maximum atomic E-state index is 13.2. The molecule has 0 aromatic heterocycles. The molecule has 2 rings (SSSR count). The molecule has 1 aromatic carbocycles. The molecule has 0 heterocycles. The Morgan fingerprint density at radius 3 is 2.81 bits per heavy atom. The van der Waals surface area contributed by atoms with E-state index >= 15 is 0 Å². The van der Waals surface area contributed by atoms with E-state index in [0.717, 1.165) is 24.3 Å². The summed E-state index contributed by atoms with van der Waals surface area (Å²) in [5.74, 6) is -0.152. The number of halogens is 1. The zero-order valence-electron chi connectivity index (χ0n) is 9.96. The van der Waals surface area contributed by atoms with Gasteiger partial charge in [-0.15, -0.1) is 0 Å². The van der Waals surface area contributed by atoms with Gasteiger partial charge in [0.15, 0.2) is 0 Å². The van der Waals surface area contributed by atoms with Crippen molar-refractivity contribution in [1.29, 1.82) is 0 Å². The van der Waals surface area contributed by atoms with Crippen LogP contribution >= 0.6 is 0 Å². The standard InChI is InChI=1S/C13H19FN2/c1-3-16(2)13-7-4-11(14)8-10(13)9-15-12-5-6-12/h4,7-8,12,15H,3,5-6,9H2,1-2H3. The van der Waals surface area contributed by atoms with Gasteiger partial charge >= 0.3 is 0 Å². The Bertz CT molecular complexity index is 361. The van der Waals surface area contributed by atoms with Crippen LogP contribution in [0.5, 0.6) is 0 Å². The van der Waals surface area contributed by atoms with Crippen molar-refractivity contribution >= 4 is 5.69 Å². The monoisotopic (exact) mass is 222 g/mol. The Hall–Kier alpha value is -1.09. The first kappa shape index (κ1) is 11.4. The van der Waals surface area contributed by atoms with Gasteiger partial charge in [0.1, 0.15) is 5.82 Å². The molecule has 88 valence electrons. The van der Waals surface area contributed by atoms with Gasteiger partial charge in [-0.3, -0.25) is 0 Å². The molecule has 0 unspecified atom stereocenters. The van der Waals surface area contributed by atoms with E-state index in [1.165, 1.54) is 18.9 Å².